The first-order chi connectivity index (χ1) is 29.4. The van der Waals surface area contributed by atoms with Crippen LogP contribution in [0.1, 0.15) is 44.6 Å². The molecule has 0 saturated carbocycles. The molecule has 5 aromatic carbocycles. The van der Waals surface area contributed by atoms with E-state index in [4.69, 9.17) is 19.4 Å². The molecular weight excluding hydrogens is 999 g/mol. The number of imidazole rings is 1. The molecule has 5 aromatic heterocycles. The summed E-state index contributed by atoms with van der Waals surface area (Å²) in [6.07, 6.45) is 3.19. The van der Waals surface area contributed by atoms with E-state index < -0.39 is 13.3 Å². The van der Waals surface area contributed by atoms with E-state index in [0.717, 1.165) is 90.0 Å². The zero-order chi connectivity index (χ0) is 42.5. The molecule has 5 heterocycles. The van der Waals surface area contributed by atoms with Crippen molar-refractivity contribution in [2.24, 2.45) is 0 Å². The minimum absolute atomic E-state index is 0. The number of aromatic nitrogens is 5. The van der Waals surface area contributed by atoms with Gasteiger partial charge in [0.15, 0.2) is 0 Å². The van der Waals surface area contributed by atoms with E-state index in [2.05, 4.69) is 164 Å². The molecule has 0 amide bonds. The summed E-state index contributed by atoms with van der Waals surface area (Å²) in [4.78, 5) is 19.6. The monoisotopic (exact) mass is 1050 g/mol. The minimum Gasteiger partial charge on any atom is -0.486 e. The van der Waals surface area contributed by atoms with Gasteiger partial charge in [-0.1, -0.05) is 74.2 Å². The van der Waals surface area contributed by atoms with Crippen LogP contribution in [0.15, 0.2) is 144 Å². The number of furan rings is 1. The molecule has 6 nitrogen and oxygen atoms in total. The van der Waals surface area contributed by atoms with Gasteiger partial charge in [0, 0.05) is 53.4 Å². The van der Waals surface area contributed by atoms with Crippen molar-refractivity contribution in [1.82, 2.24) is 24.5 Å². The zero-order valence-electron chi connectivity index (χ0n) is 36.5. The minimum atomic E-state index is -1.80. The molecule has 0 aliphatic rings. The van der Waals surface area contributed by atoms with Crippen LogP contribution in [-0.4, -0.2) is 37.8 Å². The van der Waals surface area contributed by atoms with Crippen molar-refractivity contribution in [2.75, 3.05) is 0 Å². The molecule has 0 unspecified atom stereocenters. The summed E-state index contributed by atoms with van der Waals surface area (Å²) in [6, 6.07) is 52.6. The van der Waals surface area contributed by atoms with Gasteiger partial charge in [0.2, 0.25) is 5.71 Å². The van der Waals surface area contributed by atoms with Crippen LogP contribution in [0.3, 0.4) is 0 Å². The third kappa shape index (κ3) is 8.29. The number of benzene rings is 5. The third-order valence-corrected chi connectivity index (χ3v) is 15.6. The molecule has 62 heavy (non-hydrogen) atoms. The van der Waals surface area contributed by atoms with Gasteiger partial charge in [0.1, 0.15) is 0 Å². The molecule has 10 rings (SSSR count). The summed E-state index contributed by atoms with van der Waals surface area (Å²) in [5.41, 5.74) is 13.8. The summed E-state index contributed by atoms with van der Waals surface area (Å²) in [6.45, 7) is 10.7. The number of nitrogens with zero attached hydrogens (tertiary/aromatic N) is 5. The van der Waals surface area contributed by atoms with Crippen LogP contribution in [0, 0.1) is 19.1 Å². The first-order valence-corrected chi connectivity index (χ1v) is 28.4. The van der Waals surface area contributed by atoms with Crippen LogP contribution in [-0.2, 0) is 31.9 Å². The second kappa shape index (κ2) is 17.2. The molecule has 0 saturated heterocycles. The molecule has 8 heteroatoms. The van der Waals surface area contributed by atoms with Gasteiger partial charge in [-0.15, -0.1) is 18.2 Å². The van der Waals surface area contributed by atoms with Crippen LogP contribution >= 0.6 is 0 Å². The van der Waals surface area contributed by atoms with Gasteiger partial charge in [-0.2, -0.15) is 0 Å². The second-order valence-electron chi connectivity index (χ2n) is 17.7. The van der Waals surface area contributed by atoms with Gasteiger partial charge < -0.3 is 8.98 Å². The fraction of sp³-hybridized carbons (Fsp3) is 0.185. The number of fused-ring (bicyclic) bond motifs is 6. The van der Waals surface area contributed by atoms with Crippen molar-refractivity contribution in [2.45, 2.75) is 63.7 Å². The molecular formula is C54H49GeIrN5O-2. The molecule has 0 aliphatic carbocycles. The summed E-state index contributed by atoms with van der Waals surface area (Å²) >= 11 is -1.80. The van der Waals surface area contributed by atoms with Crippen LogP contribution in [0.25, 0.3) is 83.5 Å². The molecule has 311 valence electrons. The molecule has 10 aromatic rings. The maximum absolute atomic E-state index is 6.53. The molecule has 0 bridgehead atoms. The second-order valence-corrected chi connectivity index (χ2v) is 28.3. The van der Waals surface area contributed by atoms with Crippen LogP contribution < -0.4 is 4.40 Å². The fourth-order valence-electron chi connectivity index (χ4n) is 8.10. The van der Waals surface area contributed by atoms with Crippen molar-refractivity contribution >= 4 is 61.7 Å². The SMILES string of the molecule is CCc1cc(-c2[c-]cccc2)nc[c]1[Ge]([CH3])([CH3])[CH3].Cc1ccc2c(ccc3nc(-c4[c-]ccc5c4oc4nc(C(C)(C)C)ccc45)n(-c4ccc(-c5ccccc5)cc4)c32)n1.[Ir]. The Morgan fingerprint density at radius 1 is 0.694 bits per heavy atom. The normalized spacial score (nSPS) is 11.8. The largest absolute Gasteiger partial charge is 0.486 e. The Bertz CT molecular complexity index is 3200. The zero-order valence-corrected chi connectivity index (χ0v) is 41.0. The van der Waals surface area contributed by atoms with Gasteiger partial charge in [0.05, 0.1) is 28.0 Å². The summed E-state index contributed by atoms with van der Waals surface area (Å²) < 4.78 is 10.3. The van der Waals surface area contributed by atoms with Gasteiger partial charge in [-0.05, 0) is 66.6 Å². The van der Waals surface area contributed by atoms with E-state index in [1.54, 1.807) is 0 Å². The Labute approximate surface area is 380 Å². The summed E-state index contributed by atoms with van der Waals surface area (Å²) in [5, 5.41) is 3.03. The topological polar surface area (TPSA) is 69.6 Å². The summed E-state index contributed by atoms with van der Waals surface area (Å²) in [7, 11) is 0. The molecule has 0 fully saturated rings. The van der Waals surface area contributed by atoms with E-state index in [-0.39, 0.29) is 25.5 Å². The van der Waals surface area contributed by atoms with Gasteiger partial charge in [-0.3, -0.25) is 9.97 Å². The molecule has 1 radical (unpaired) electrons. The van der Waals surface area contributed by atoms with Crippen molar-refractivity contribution in [1.29, 1.82) is 0 Å². The van der Waals surface area contributed by atoms with Crippen LogP contribution in [0.5, 0.6) is 0 Å². The first kappa shape index (κ1) is 42.9. The molecule has 0 N–H and O–H groups in total. The van der Waals surface area contributed by atoms with Crippen molar-refractivity contribution in [3.63, 3.8) is 0 Å². The predicted molar refractivity (Wildman–Crippen MR) is 255 cm³/mol. The Morgan fingerprint density at radius 2 is 1.42 bits per heavy atom. The average Bonchev–Trinajstić information content (AvgIpc) is 3.85. The molecule has 0 atom stereocenters. The standard InChI is InChI=1S/C38H29N4O.C16H20GeN.Ir/c1-23-13-18-29-31(39-23)20-21-32-34(29)42(26-16-14-25(15-17-26)24-9-6-5-7-10-24)36(40-32)30-12-8-11-27-28-19-22-33(38(2,3)4)41-37(28)43-35(27)30;1-5-13-11-16(14-9-7-6-8-10-14)18-12-15(13)17(2,3)4;/h5-11,13-22H,1-4H3;6-9,11-12H,5H2,1-4H3;/q2*-1;. The van der Waals surface area contributed by atoms with E-state index in [1.807, 2.05) is 49.4 Å². The fourth-order valence-corrected chi connectivity index (χ4v) is 11.6. The van der Waals surface area contributed by atoms with E-state index >= 15 is 0 Å². The van der Waals surface area contributed by atoms with E-state index in [9.17, 15) is 0 Å². The van der Waals surface area contributed by atoms with Crippen LogP contribution in [0.4, 0.5) is 0 Å². The van der Waals surface area contributed by atoms with Crippen LogP contribution in [0.2, 0.25) is 17.3 Å². The Hall–Kier alpha value is -5.73. The van der Waals surface area contributed by atoms with E-state index in [1.165, 1.54) is 15.5 Å². The summed E-state index contributed by atoms with van der Waals surface area (Å²) in [5.74, 6) is 8.02. The Kier molecular flexibility index (Phi) is 11.9. The number of hydrogen-bond donors (Lipinski definition) is 0. The molecule has 0 aliphatic heterocycles. The maximum Gasteiger partial charge on any atom is 0.216 e. The van der Waals surface area contributed by atoms with Gasteiger partial charge >= 0.3 is 113 Å². The van der Waals surface area contributed by atoms with Gasteiger partial charge in [-0.25, -0.2) is 4.98 Å². The van der Waals surface area contributed by atoms with Crippen molar-refractivity contribution in [3.8, 4) is 39.5 Å². The average molecular weight is 1050 g/mol. The quantitative estimate of drug-likeness (QED) is 0.123. The molecule has 0 spiro atoms. The number of rotatable bonds is 6. The number of pyridine rings is 3. The first-order valence-electron chi connectivity index (χ1n) is 21.0. The Morgan fingerprint density at radius 3 is 2.13 bits per heavy atom. The number of hydrogen-bond acceptors (Lipinski definition) is 5. The smallest absolute Gasteiger partial charge is 0.216 e. The van der Waals surface area contributed by atoms with Crippen molar-refractivity contribution < 1.29 is 24.5 Å². The number of aryl methyl sites for hydroxylation is 2. The van der Waals surface area contributed by atoms with Crippen molar-refractivity contribution in [3.05, 3.63) is 169 Å². The Balaban J connectivity index is 0.000000235. The predicted octanol–water partition coefficient (Wildman–Crippen LogP) is 13.3. The maximum atomic E-state index is 6.53. The van der Waals surface area contributed by atoms with Gasteiger partial charge in [0.25, 0.3) is 0 Å². The third-order valence-electron chi connectivity index (χ3n) is 11.3. The van der Waals surface area contributed by atoms with E-state index in [0.29, 0.717) is 5.71 Å².